The zero-order valence-corrected chi connectivity index (χ0v) is 17.5. The van der Waals surface area contributed by atoms with E-state index in [9.17, 15) is 24.5 Å². The van der Waals surface area contributed by atoms with Gasteiger partial charge in [0.1, 0.15) is 5.69 Å². The average Bonchev–Trinajstić information content (AvgIpc) is 2.82. The van der Waals surface area contributed by atoms with Gasteiger partial charge in [0, 0.05) is 30.4 Å². The molecule has 11 nitrogen and oxygen atoms in total. The first-order valence-corrected chi connectivity index (χ1v) is 9.58. The van der Waals surface area contributed by atoms with Crippen LogP contribution in [0.1, 0.15) is 31.1 Å². The first kappa shape index (κ1) is 22.7. The third-order valence-corrected chi connectivity index (χ3v) is 4.82. The molecule has 1 N–H and O–H groups in total. The molecule has 0 aliphatic carbocycles. The normalized spacial score (nSPS) is 13.2. The predicted octanol–water partition coefficient (Wildman–Crippen LogP) is 2.26. The number of hydrogen-bond donors (Lipinski definition) is 1. The number of methoxy groups -OCH3 is 2. The first-order chi connectivity index (χ1) is 15.3. The molecule has 168 valence electrons. The number of esters is 2. The average molecular weight is 443 g/mol. The number of hydrogen-bond acceptors (Lipinski definition) is 9. The van der Waals surface area contributed by atoms with Crippen LogP contribution in [0.3, 0.4) is 0 Å². The smallest absolute Gasteiger partial charge is 0.337 e. The van der Waals surface area contributed by atoms with Crippen molar-refractivity contribution in [2.45, 2.75) is 0 Å². The Hall–Kier alpha value is -3.99. The number of nitro benzene ring substituents is 1. The van der Waals surface area contributed by atoms with Gasteiger partial charge in [0.05, 0.1) is 43.5 Å². The quantitative estimate of drug-likeness (QED) is 0.405. The van der Waals surface area contributed by atoms with E-state index in [0.717, 1.165) is 0 Å². The van der Waals surface area contributed by atoms with Gasteiger partial charge >= 0.3 is 11.9 Å². The van der Waals surface area contributed by atoms with Crippen LogP contribution in [0.25, 0.3) is 0 Å². The Morgan fingerprint density at radius 2 is 1.56 bits per heavy atom. The maximum Gasteiger partial charge on any atom is 0.337 e. The molecule has 3 rings (SSSR count). The highest BCUT2D eigenvalue weighted by Crippen LogP contribution is 2.30. The lowest BCUT2D eigenvalue weighted by atomic mass is 10.1. The van der Waals surface area contributed by atoms with Gasteiger partial charge in [-0.3, -0.25) is 14.9 Å². The van der Waals surface area contributed by atoms with Gasteiger partial charge in [-0.2, -0.15) is 0 Å². The molecule has 1 aliphatic heterocycles. The number of nitrogens with one attached hydrogen (secondary N) is 1. The van der Waals surface area contributed by atoms with Gasteiger partial charge in [-0.25, -0.2) is 9.59 Å². The Labute approximate surface area is 183 Å². The Kier molecular flexibility index (Phi) is 7.00. The highest BCUT2D eigenvalue weighted by atomic mass is 16.6. The molecular formula is C21H21N3O8. The summed E-state index contributed by atoms with van der Waals surface area (Å²) < 4.78 is 14.6. The molecule has 2 aromatic rings. The van der Waals surface area contributed by atoms with E-state index in [0.29, 0.717) is 32.0 Å². The standard InChI is InChI=1S/C21H21N3O8/c1-30-20(26)14-9-15(21(27)31-2)11-16(10-14)22-19(25)13-3-4-17(18(12-13)24(28)29)23-5-7-32-8-6-23/h3-4,9-12H,5-8H2,1-2H3,(H,22,25). The third-order valence-electron chi connectivity index (χ3n) is 4.82. The minimum atomic E-state index is -0.711. The van der Waals surface area contributed by atoms with Crippen LogP contribution in [0.5, 0.6) is 0 Å². The minimum Gasteiger partial charge on any atom is -0.465 e. The van der Waals surface area contributed by atoms with Crippen LogP contribution in [0.15, 0.2) is 36.4 Å². The van der Waals surface area contributed by atoms with Crippen molar-refractivity contribution in [2.75, 3.05) is 50.7 Å². The maximum atomic E-state index is 12.8. The largest absolute Gasteiger partial charge is 0.465 e. The molecule has 1 amide bonds. The van der Waals surface area contributed by atoms with E-state index < -0.39 is 22.8 Å². The van der Waals surface area contributed by atoms with Crippen molar-refractivity contribution in [3.05, 3.63) is 63.2 Å². The Morgan fingerprint density at radius 1 is 0.969 bits per heavy atom. The zero-order valence-electron chi connectivity index (χ0n) is 17.5. The summed E-state index contributed by atoms with van der Waals surface area (Å²) in [5, 5.41) is 14.2. The number of benzene rings is 2. The first-order valence-electron chi connectivity index (χ1n) is 9.58. The fraction of sp³-hybridized carbons (Fsp3) is 0.286. The third kappa shape index (κ3) is 5.01. The number of amides is 1. The van der Waals surface area contributed by atoms with E-state index in [2.05, 4.69) is 14.8 Å². The molecule has 0 bridgehead atoms. The summed E-state index contributed by atoms with van der Waals surface area (Å²) in [6, 6.07) is 8.10. The number of nitro groups is 1. The number of carbonyl (C=O) groups is 3. The Bertz CT molecular complexity index is 1030. The predicted molar refractivity (Wildman–Crippen MR) is 113 cm³/mol. The lowest BCUT2D eigenvalue weighted by molar-refractivity contribution is -0.384. The van der Waals surface area contributed by atoms with Crippen molar-refractivity contribution in [1.29, 1.82) is 0 Å². The maximum absolute atomic E-state index is 12.8. The molecule has 1 aliphatic rings. The van der Waals surface area contributed by atoms with E-state index in [1.165, 1.54) is 50.6 Å². The van der Waals surface area contributed by atoms with Gasteiger partial charge in [-0.05, 0) is 30.3 Å². The molecule has 2 aromatic carbocycles. The fourth-order valence-electron chi connectivity index (χ4n) is 3.26. The van der Waals surface area contributed by atoms with Crippen molar-refractivity contribution in [3.63, 3.8) is 0 Å². The molecule has 1 heterocycles. The summed E-state index contributed by atoms with van der Waals surface area (Å²) in [6.07, 6.45) is 0. The number of rotatable bonds is 6. The number of morpholine rings is 1. The fourth-order valence-corrected chi connectivity index (χ4v) is 3.26. The van der Waals surface area contributed by atoms with Crippen molar-refractivity contribution in [2.24, 2.45) is 0 Å². The molecule has 0 aromatic heterocycles. The lowest BCUT2D eigenvalue weighted by Crippen LogP contribution is -2.36. The second-order valence-corrected chi connectivity index (χ2v) is 6.80. The monoisotopic (exact) mass is 443 g/mol. The van der Waals surface area contributed by atoms with Crippen molar-refractivity contribution in [1.82, 2.24) is 0 Å². The van der Waals surface area contributed by atoms with E-state index in [-0.39, 0.29) is 28.1 Å². The van der Waals surface area contributed by atoms with Crippen molar-refractivity contribution < 1.29 is 33.5 Å². The number of nitrogens with zero attached hydrogens (tertiary/aromatic N) is 2. The summed E-state index contributed by atoms with van der Waals surface area (Å²) in [6.45, 7) is 1.92. The van der Waals surface area contributed by atoms with Crippen molar-refractivity contribution >= 4 is 34.9 Å². The molecule has 11 heteroatoms. The summed E-state index contributed by atoms with van der Waals surface area (Å²) in [4.78, 5) is 49.5. The summed E-state index contributed by atoms with van der Waals surface area (Å²) in [5.74, 6) is -2.08. The lowest BCUT2D eigenvalue weighted by Gasteiger charge is -2.28. The highest BCUT2D eigenvalue weighted by molar-refractivity contribution is 6.06. The van der Waals surface area contributed by atoms with Gasteiger partial charge in [0.15, 0.2) is 0 Å². The molecule has 0 spiro atoms. The van der Waals surface area contributed by atoms with E-state index in [1.807, 2.05) is 4.90 Å². The number of anilines is 2. The molecule has 0 atom stereocenters. The Balaban J connectivity index is 1.91. The van der Waals surface area contributed by atoms with Crippen LogP contribution in [-0.4, -0.2) is 63.3 Å². The zero-order chi connectivity index (χ0) is 23.3. The molecule has 32 heavy (non-hydrogen) atoms. The molecule has 1 fully saturated rings. The summed E-state index contributed by atoms with van der Waals surface area (Å²) >= 11 is 0. The van der Waals surface area contributed by atoms with Crippen LogP contribution >= 0.6 is 0 Å². The van der Waals surface area contributed by atoms with Crippen LogP contribution in [-0.2, 0) is 14.2 Å². The van der Waals surface area contributed by atoms with Crippen LogP contribution in [0, 0.1) is 10.1 Å². The number of ether oxygens (including phenoxy) is 3. The van der Waals surface area contributed by atoms with Crippen LogP contribution in [0.4, 0.5) is 17.1 Å². The van der Waals surface area contributed by atoms with Gasteiger partial charge in [0.25, 0.3) is 11.6 Å². The summed E-state index contributed by atoms with van der Waals surface area (Å²) in [5.41, 5.74) is 0.405. The molecular weight excluding hydrogens is 422 g/mol. The number of carbonyl (C=O) groups excluding carboxylic acids is 3. The van der Waals surface area contributed by atoms with E-state index in [4.69, 9.17) is 4.74 Å². The van der Waals surface area contributed by atoms with Crippen LogP contribution in [0.2, 0.25) is 0 Å². The van der Waals surface area contributed by atoms with Gasteiger partial charge in [0.2, 0.25) is 0 Å². The van der Waals surface area contributed by atoms with Gasteiger partial charge in [-0.1, -0.05) is 0 Å². The SMILES string of the molecule is COC(=O)c1cc(NC(=O)c2ccc(N3CCOCC3)c([N+](=O)[O-])c2)cc(C(=O)OC)c1. The second-order valence-electron chi connectivity index (χ2n) is 6.80. The van der Waals surface area contributed by atoms with Gasteiger partial charge in [-0.15, -0.1) is 0 Å². The van der Waals surface area contributed by atoms with Crippen LogP contribution < -0.4 is 10.2 Å². The molecule has 1 saturated heterocycles. The topological polar surface area (TPSA) is 137 Å². The van der Waals surface area contributed by atoms with E-state index >= 15 is 0 Å². The minimum absolute atomic E-state index is 0.0272. The molecule has 0 unspecified atom stereocenters. The Morgan fingerprint density at radius 3 is 2.09 bits per heavy atom. The molecule has 0 radical (unpaired) electrons. The molecule has 0 saturated carbocycles. The van der Waals surface area contributed by atoms with Crippen molar-refractivity contribution in [3.8, 4) is 0 Å². The highest BCUT2D eigenvalue weighted by Gasteiger charge is 2.24. The second kappa shape index (κ2) is 9.88. The van der Waals surface area contributed by atoms with E-state index in [1.54, 1.807) is 0 Å². The van der Waals surface area contributed by atoms with Gasteiger partial charge < -0.3 is 24.4 Å². The summed E-state index contributed by atoms with van der Waals surface area (Å²) in [7, 11) is 2.36.